The normalized spacial score (nSPS) is 15.8. The van der Waals surface area contributed by atoms with Crippen molar-refractivity contribution in [3.63, 3.8) is 0 Å². The van der Waals surface area contributed by atoms with Gasteiger partial charge in [-0.2, -0.15) is 0 Å². The molecule has 0 aliphatic carbocycles. The Morgan fingerprint density at radius 3 is 2.71 bits per heavy atom. The summed E-state index contributed by atoms with van der Waals surface area (Å²) in [6.45, 7) is 4.31. The van der Waals surface area contributed by atoms with Crippen LogP contribution in [0.1, 0.15) is 18.7 Å². The molecule has 3 rings (SSSR count). The molecule has 24 heavy (non-hydrogen) atoms. The second-order valence-electron chi connectivity index (χ2n) is 6.05. The van der Waals surface area contributed by atoms with Gasteiger partial charge in [0, 0.05) is 43.5 Å². The first kappa shape index (κ1) is 17.2. The summed E-state index contributed by atoms with van der Waals surface area (Å²) in [6.07, 6.45) is 4.00. The molecule has 2 heterocycles. The SMILES string of the molecule is COCCn1cnnc1CNC1CCN(c2ccc(Cl)cc2)CC1. The highest BCUT2D eigenvalue weighted by molar-refractivity contribution is 6.30. The van der Waals surface area contributed by atoms with Crippen molar-refractivity contribution in [3.05, 3.63) is 41.4 Å². The minimum absolute atomic E-state index is 0.515. The molecule has 0 atom stereocenters. The molecule has 0 amide bonds. The quantitative estimate of drug-likeness (QED) is 0.831. The van der Waals surface area contributed by atoms with Crippen molar-refractivity contribution in [2.24, 2.45) is 0 Å². The number of hydrogen-bond donors (Lipinski definition) is 1. The Balaban J connectivity index is 1.46. The van der Waals surface area contributed by atoms with Gasteiger partial charge in [0.05, 0.1) is 13.2 Å². The third-order valence-corrected chi connectivity index (χ3v) is 4.72. The van der Waals surface area contributed by atoms with E-state index in [0.717, 1.165) is 49.9 Å². The molecule has 0 saturated carbocycles. The summed E-state index contributed by atoms with van der Waals surface area (Å²) in [6, 6.07) is 8.60. The van der Waals surface area contributed by atoms with Crippen LogP contribution in [0.2, 0.25) is 5.02 Å². The van der Waals surface area contributed by atoms with Crippen LogP contribution in [-0.4, -0.2) is 47.6 Å². The number of nitrogens with zero attached hydrogens (tertiary/aromatic N) is 4. The summed E-state index contributed by atoms with van der Waals surface area (Å²) < 4.78 is 7.16. The van der Waals surface area contributed by atoms with E-state index in [-0.39, 0.29) is 0 Å². The maximum Gasteiger partial charge on any atom is 0.146 e. The lowest BCUT2D eigenvalue weighted by Crippen LogP contribution is -2.42. The Kier molecular flexibility index (Phi) is 6.07. The van der Waals surface area contributed by atoms with Gasteiger partial charge in [-0.3, -0.25) is 0 Å². The smallest absolute Gasteiger partial charge is 0.146 e. The van der Waals surface area contributed by atoms with E-state index in [0.29, 0.717) is 12.6 Å². The Labute approximate surface area is 147 Å². The Hall–Kier alpha value is -1.63. The van der Waals surface area contributed by atoms with E-state index in [2.05, 4.69) is 32.5 Å². The average Bonchev–Trinajstić information content (AvgIpc) is 3.07. The molecule has 1 aromatic carbocycles. The van der Waals surface area contributed by atoms with Gasteiger partial charge in [-0.05, 0) is 37.1 Å². The molecule has 1 aromatic heterocycles. The highest BCUT2D eigenvalue weighted by Gasteiger charge is 2.19. The van der Waals surface area contributed by atoms with E-state index >= 15 is 0 Å². The molecule has 0 spiro atoms. The van der Waals surface area contributed by atoms with Crippen molar-refractivity contribution >= 4 is 17.3 Å². The van der Waals surface area contributed by atoms with Gasteiger partial charge in [0.15, 0.2) is 0 Å². The van der Waals surface area contributed by atoms with Gasteiger partial charge in [-0.1, -0.05) is 11.6 Å². The monoisotopic (exact) mass is 349 g/mol. The number of anilines is 1. The molecule has 1 saturated heterocycles. The third kappa shape index (κ3) is 4.47. The molecule has 130 valence electrons. The molecule has 1 N–H and O–H groups in total. The van der Waals surface area contributed by atoms with Crippen LogP contribution in [0.25, 0.3) is 0 Å². The molecule has 1 aliphatic rings. The van der Waals surface area contributed by atoms with E-state index in [1.807, 2.05) is 16.7 Å². The lowest BCUT2D eigenvalue weighted by atomic mass is 10.0. The summed E-state index contributed by atoms with van der Waals surface area (Å²) in [4.78, 5) is 2.41. The van der Waals surface area contributed by atoms with Crippen LogP contribution in [0.15, 0.2) is 30.6 Å². The van der Waals surface area contributed by atoms with Crippen molar-refractivity contribution < 1.29 is 4.74 Å². The zero-order chi connectivity index (χ0) is 16.8. The zero-order valence-electron chi connectivity index (χ0n) is 14.0. The van der Waals surface area contributed by atoms with Crippen LogP contribution in [0, 0.1) is 0 Å². The second kappa shape index (κ2) is 8.46. The lowest BCUT2D eigenvalue weighted by molar-refractivity contribution is 0.186. The van der Waals surface area contributed by atoms with Crippen molar-refractivity contribution in [1.29, 1.82) is 0 Å². The molecule has 1 aliphatic heterocycles. The Morgan fingerprint density at radius 1 is 1.25 bits per heavy atom. The summed E-state index contributed by atoms with van der Waals surface area (Å²) in [7, 11) is 1.71. The number of aromatic nitrogens is 3. The number of methoxy groups -OCH3 is 1. The van der Waals surface area contributed by atoms with E-state index in [4.69, 9.17) is 16.3 Å². The van der Waals surface area contributed by atoms with E-state index in [9.17, 15) is 0 Å². The van der Waals surface area contributed by atoms with Gasteiger partial charge < -0.3 is 19.5 Å². The van der Waals surface area contributed by atoms with Crippen molar-refractivity contribution in [1.82, 2.24) is 20.1 Å². The topological polar surface area (TPSA) is 55.2 Å². The molecule has 0 radical (unpaired) electrons. The number of nitrogens with one attached hydrogen (secondary N) is 1. The fraction of sp³-hybridized carbons (Fsp3) is 0.529. The fourth-order valence-corrected chi connectivity index (χ4v) is 3.15. The number of halogens is 1. The highest BCUT2D eigenvalue weighted by Crippen LogP contribution is 2.22. The van der Waals surface area contributed by atoms with E-state index in [1.54, 1.807) is 13.4 Å². The maximum absolute atomic E-state index is 5.96. The predicted molar refractivity (Wildman–Crippen MR) is 95.4 cm³/mol. The number of rotatable bonds is 7. The minimum Gasteiger partial charge on any atom is -0.383 e. The number of piperidine rings is 1. The summed E-state index contributed by atoms with van der Waals surface area (Å²) >= 11 is 5.96. The van der Waals surface area contributed by atoms with Gasteiger partial charge in [-0.25, -0.2) is 0 Å². The van der Waals surface area contributed by atoms with E-state index < -0.39 is 0 Å². The summed E-state index contributed by atoms with van der Waals surface area (Å²) in [5.41, 5.74) is 1.25. The van der Waals surface area contributed by atoms with Crippen LogP contribution in [0.3, 0.4) is 0 Å². The van der Waals surface area contributed by atoms with Gasteiger partial charge in [0.2, 0.25) is 0 Å². The first-order chi connectivity index (χ1) is 11.8. The summed E-state index contributed by atoms with van der Waals surface area (Å²) in [5.74, 6) is 0.965. The average molecular weight is 350 g/mol. The fourth-order valence-electron chi connectivity index (χ4n) is 3.02. The van der Waals surface area contributed by atoms with Gasteiger partial charge in [0.1, 0.15) is 12.2 Å². The van der Waals surface area contributed by atoms with Crippen molar-refractivity contribution in [2.75, 3.05) is 31.7 Å². The lowest BCUT2D eigenvalue weighted by Gasteiger charge is -2.34. The molecule has 6 nitrogen and oxygen atoms in total. The molecule has 7 heteroatoms. The van der Waals surface area contributed by atoms with Crippen LogP contribution in [0.5, 0.6) is 0 Å². The maximum atomic E-state index is 5.96. The largest absolute Gasteiger partial charge is 0.383 e. The predicted octanol–water partition coefficient (Wildman–Crippen LogP) is 2.34. The number of hydrogen-bond acceptors (Lipinski definition) is 5. The van der Waals surface area contributed by atoms with Crippen LogP contribution >= 0.6 is 11.6 Å². The van der Waals surface area contributed by atoms with Gasteiger partial charge in [0.25, 0.3) is 0 Å². The van der Waals surface area contributed by atoms with Crippen molar-refractivity contribution in [3.8, 4) is 0 Å². The standard InChI is InChI=1S/C17H24ClN5O/c1-24-11-10-23-13-20-21-17(23)12-19-15-6-8-22(9-7-15)16-4-2-14(18)3-5-16/h2-5,13,15,19H,6-12H2,1H3. The highest BCUT2D eigenvalue weighted by atomic mass is 35.5. The van der Waals surface area contributed by atoms with Crippen LogP contribution < -0.4 is 10.2 Å². The molecular weight excluding hydrogens is 326 g/mol. The summed E-state index contributed by atoms with van der Waals surface area (Å²) in [5, 5.41) is 12.6. The van der Waals surface area contributed by atoms with Crippen molar-refractivity contribution in [2.45, 2.75) is 32.0 Å². The van der Waals surface area contributed by atoms with E-state index in [1.165, 1.54) is 5.69 Å². The van der Waals surface area contributed by atoms with Crippen LogP contribution in [-0.2, 0) is 17.8 Å². The Bertz CT molecular complexity index is 622. The van der Waals surface area contributed by atoms with Crippen LogP contribution in [0.4, 0.5) is 5.69 Å². The molecule has 1 fully saturated rings. The molecule has 2 aromatic rings. The molecule has 0 bridgehead atoms. The third-order valence-electron chi connectivity index (χ3n) is 4.47. The van der Waals surface area contributed by atoms with Gasteiger partial charge >= 0.3 is 0 Å². The molecule has 0 unspecified atom stereocenters. The second-order valence-corrected chi connectivity index (χ2v) is 6.49. The zero-order valence-corrected chi connectivity index (χ0v) is 14.7. The minimum atomic E-state index is 0.515. The Morgan fingerprint density at radius 2 is 2.00 bits per heavy atom. The first-order valence-electron chi connectivity index (χ1n) is 8.36. The molecular formula is C17H24ClN5O. The van der Waals surface area contributed by atoms with Gasteiger partial charge in [-0.15, -0.1) is 10.2 Å². The first-order valence-corrected chi connectivity index (χ1v) is 8.73. The number of benzene rings is 1. The number of ether oxygens (including phenoxy) is 1.